The third kappa shape index (κ3) is 13.6. The standard InChI is InChI=1S/C56H72N10O7S/c1-36(39-19-21-40(22-20-39)51-37(2)58-35-74-51)59-54(71)46-30-42(67)33-66(46)55(72)52(56(3,4)5)60-49(69)15-7-6-8-16-50(70)65-28-26-64(27-29-65)41-23-17-38(18-24-41)32-63-25-11-12-43(34-63)73-48-31-45(61-62-53(48)57)44-13-9-10-14-47(44)68/h9-10,13-14,17-24,31,35-36,42-43,46,52,67-68H,6-8,11-12,15-16,25-30,32-34H2,1-5H3,(H2,57,62)(H,59,71)(H,60,69)/t36-,42+,43?,46-,52+/m0/s1. The van der Waals surface area contributed by atoms with Crippen molar-refractivity contribution in [2.75, 3.05) is 56.4 Å². The molecule has 74 heavy (non-hydrogen) atoms. The molecule has 3 saturated heterocycles. The van der Waals surface area contributed by atoms with Gasteiger partial charge in [0.25, 0.3) is 0 Å². The number of aryl methyl sites for hydroxylation is 1. The van der Waals surface area contributed by atoms with E-state index in [0.717, 1.165) is 73.0 Å². The van der Waals surface area contributed by atoms with Crippen LogP contribution in [0.1, 0.15) is 102 Å². The molecule has 0 bridgehead atoms. The summed E-state index contributed by atoms with van der Waals surface area (Å²) in [6.45, 7) is 14.7. The van der Waals surface area contributed by atoms with E-state index < -0.39 is 29.5 Å². The molecule has 6 N–H and O–H groups in total. The number of unbranched alkanes of at least 4 members (excludes halogenated alkanes) is 2. The second-order valence-electron chi connectivity index (χ2n) is 21.1. The number of carbonyl (C=O) groups excluding carboxylic acids is 4. The highest BCUT2D eigenvalue weighted by atomic mass is 32.1. The Kier molecular flexibility index (Phi) is 17.5. The smallest absolute Gasteiger partial charge is 0.246 e. The summed E-state index contributed by atoms with van der Waals surface area (Å²) in [4.78, 5) is 67.9. The van der Waals surface area contributed by atoms with E-state index in [0.29, 0.717) is 55.8 Å². The molecule has 3 fully saturated rings. The van der Waals surface area contributed by atoms with Gasteiger partial charge in [-0.25, -0.2) is 4.98 Å². The minimum atomic E-state index is -0.908. The van der Waals surface area contributed by atoms with E-state index in [1.165, 1.54) is 10.5 Å². The number of phenolic OH excluding ortho intramolecular Hbond substituents is 1. The van der Waals surface area contributed by atoms with Gasteiger partial charge in [-0.3, -0.25) is 24.1 Å². The van der Waals surface area contributed by atoms with E-state index >= 15 is 0 Å². The SMILES string of the molecule is Cc1ncsc1-c1ccc([C@H](C)NC(=O)[C@@H]2C[C@@H](O)CN2C(=O)[C@@H](NC(=O)CCCCCC(=O)N2CCN(c3ccc(CN4CCCC(Oc5cc(-c6ccccc6O)nnc5N)C4)cc3)CC2)C(C)(C)C)cc1. The Morgan fingerprint density at radius 1 is 0.892 bits per heavy atom. The number of aromatic hydroxyl groups is 1. The number of hydrogen-bond donors (Lipinski definition) is 5. The van der Waals surface area contributed by atoms with E-state index in [1.807, 2.05) is 75.4 Å². The number of aromatic nitrogens is 3. The summed E-state index contributed by atoms with van der Waals surface area (Å²) >= 11 is 1.58. The van der Waals surface area contributed by atoms with Crippen LogP contribution in [0.25, 0.3) is 21.7 Å². The fraction of sp³-hybridized carbons (Fsp3) is 0.482. The van der Waals surface area contributed by atoms with E-state index in [2.05, 4.69) is 59.9 Å². The molecule has 1 unspecified atom stereocenters. The van der Waals surface area contributed by atoms with Gasteiger partial charge in [-0.1, -0.05) is 75.7 Å². The number of thiazole rings is 1. The summed E-state index contributed by atoms with van der Waals surface area (Å²) in [5.74, 6) is -0.109. The Morgan fingerprint density at radius 2 is 1.62 bits per heavy atom. The predicted molar refractivity (Wildman–Crippen MR) is 287 cm³/mol. The van der Waals surface area contributed by atoms with Gasteiger partial charge in [0, 0.05) is 82.4 Å². The van der Waals surface area contributed by atoms with Gasteiger partial charge in [-0.2, -0.15) is 0 Å². The average molecular weight is 1030 g/mol. The number of likely N-dealkylation sites (tertiary alicyclic amines) is 2. The summed E-state index contributed by atoms with van der Waals surface area (Å²) < 4.78 is 6.37. The van der Waals surface area contributed by atoms with Crippen LogP contribution in [0.2, 0.25) is 0 Å². The molecule has 5 heterocycles. The molecular weight excluding hydrogens is 957 g/mol. The molecule has 5 atom stereocenters. The van der Waals surface area contributed by atoms with Gasteiger partial charge in [-0.05, 0) is 92.4 Å². The number of β-amino-alcohol motifs (C(OH)–C–C–N with tert-alkyl or cyclic N) is 1. The molecular formula is C56H72N10O7S. The van der Waals surface area contributed by atoms with Gasteiger partial charge in [0.2, 0.25) is 23.6 Å². The first kappa shape index (κ1) is 53.7. The molecule has 3 aliphatic heterocycles. The summed E-state index contributed by atoms with van der Waals surface area (Å²) in [6, 6.07) is 23.2. The van der Waals surface area contributed by atoms with Crippen molar-refractivity contribution in [3.8, 4) is 33.2 Å². The summed E-state index contributed by atoms with van der Waals surface area (Å²) in [5.41, 5.74) is 13.6. The van der Waals surface area contributed by atoms with Crippen LogP contribution in [-0.2, 0) is 25.7 Å². The number of amides is 4. The first-order valence-electron chi connectivity index (χ1n) is 26.0. The highest BCUT2D eigenvalue weighted by molar-refractivity contribution is 7.13. The molecule has 8 rings (SSSR count). The number of anilines is 2. The highest BCUT2D eigenvalue weighted by Crippen LogP contribution is 2.33. The molecule has 5 aromatic rings. The van der Waals surface area contributed by atoms with Gasteiger partial charge in [0.05, 0.1) is 28.2 Å². The number of nitrogen functional groups attached to an aromatic ring is 1. The number of ether oxygens (including phenoxy) is 1. The molecule has 0 aliphatic carbocycles. The maximum absolute atomic E-state index is 14.2. The van der Waals surface area contributed by atoms with Crippen molar-refractivity contribution in [2.24, 2.45) is 5.41 Å². The fourth-order valence-corrected chi connectivity index (χ4v) is 11.0. The zero-order valence-corrected chi connectivity index (χ0v) is 44.2. The van der Waals surface area contributed by atoms with Crippen molar-refractivity contribution in [3.05, 3.63) is 101 Å². The lowest BCUT2D eigenvalue weighted by molar-refractivity contribution is -0.144. The highest BCUT2D eigenvalue weighted by Gasteiger charge is 2.44. The number of nitrogens with one attached hydrogen (secondary N) is 2. The number of para-hydroxylation sites is 1. The molecule has 0 spiro atoms. The number of aliphatic hydroxyl groups excluding tert-OH is 1. The number of carbonyl (C=O) groups is 4. The van der Waals surface area contributed by atoms with E-state index in [1.54, 1.807) is 35.6 Å². The second-order valence-corrected chi connectivity index (χ2v) is 21.9. The number of piperazine rings is 1. The molecule has 3 aromatic carbocycles. The van der Waals surface area contributed by atoms with Gasteiger partial charge in [0.1, 0.15) is 29.6 Å². The third-order valence-electron chi connectivity index (χ3n) is 14.4. The van der Waals surface area contributed by atoms with Crippen molar-refractivity contribution < 1.29 is 34.1 Å². The lowest BCUT2D eigenvalue weighted by Crippen LogP contribution is -2.57. The van der Waals surface area contributed by atoms with Crippen LogP contribution >= 0.6 is 11.3 Å². The van der Waals surface area contributed by atoms with Gasteiger partial charge < -0.3 is 46.0 Å². The molecule has 17 nitrogen and oxygen atoms in total. The first-order valence-corrected chi connectivity index (χ1v) is 26.9. The summed E-state index contributed by atoms with van der Waals surface area (Å²) in [7, 11) is 0. The Bertz CT molecular complexity index is 2720. The van der Waals surface area contributed by atoms with Gasteiger partial charge in [0.15, 0.2) is 11.6 Å². The predicted octanol–water partition coefficient (Wildman–Crippen LogP) is 6.88. The minimum Gasteiger partial charge on any atom is -0.507 e. The van der Waals surface area contributed by atoms with Crippen LogP contribution in [0.5, 0.6) is 11.5 Å². The Labute approximate surface area is 438 Å². The maximum Gasteiger partial charge on any atom is 0.246 e. The summed E-state index contributed by atoms with van der Waals surface area (Å²) in [5, 5.41) is 35.3. The van der Waals surface area contributed by atoms with Crippen molar-refractivity contribution in [1.82, 2.24) is 40.5 Å². The topological polar surface area (TPSA) is 220 Å². The van der Waals surface area contributed by atoms with Crippen LogP contribution < -0.4 is 26.0 Å². The van der Waals surface area contributed by atoms with E-state index in [9.17, 15) is 29.4 Å². The fourth-order valence-electron chi connectivity index (χ4n) is 10.2. The molecule has 4 amide bonds. The van der Waals surface area contributed by atoms with Crippen LogP contribution in [-0.4, -0.2) is 134 Å². The average Bonchev–Trinajstić information content (AvgIpc) is 4.01. The van der Waals surface area contributed by atoms with Crippen molar-refractivity contribution in [1.29, 1.82) is 0 Å². The number of nitrogens with two attached hydrogens (primary N) is 1. The Balaban J connectivity index is 0.731. The number of benzene rings is 3. The van der Waals surface area contributed by atoms with Crippen LogP contribution in [0.15, 0.2) is 84.4 Å². The van der Waals surface area contributed by atoms with Crippen molar-refractivity contribution in [3.63, 3.8) is 0 Å². The summed E-state index contributed by atoms with van der Waals surface area (Å²) in [6.07, 6.45) is 3.58. The number of nitrogens with zero attached hydrogens (tertiary/aromatic N) is 7. The number of rotatable bonds is 18. The van der Waals surface area contributed by atoms with Crippen LogP contribution in [0.4, 0.5) is 11.5 Å². The molecule has 18 heteroatoms. The molecule has 394 valence electrons. The monoisotopic (exact) mass is 1030 g/mol. The third-order valence-corrected chi connectivity index (χ3v) is 15.4. The van der Waals surface area contributed by atoms with Crippen LogP contribution in [0, 0.1) is 12.3 Å². The van der Waals surface area contributed by atoms with E-state index in [4.69, 9.17) is 10.5 Å². The zero-order chi connectivity index (χ0) is 52.5. The largest absolute Gasteiger partial charge is 0.507 e. The van der Waals surface area contributed by atoms with E-state index in [-0.39, 0.29) is 60.8 Å². The maximum atomic E-state index is 14.2. The lowest BCUT2D eigenvalue weighted by atomic mass is 9.85. The van der Waals surface area contributed by atoms with Crippen LogP contribution in [0.3, 0.4) is 0 Å². The normalized spacial score (nSPS) is 19.2. The van der Waals surface area contributed by atoms with Gasteiger partial charge in [-0.15, -0.1) is 21.5 Å². The second kappa shape index (κ2) is 24.1. The van der Waals surface area contributed by atoms with Gasteiger partial charge >= 0.3 is 0 Å². The number of hydrogen-bond acceptors (Lipinski definition) is 14. The molecule has 3 aliphatic rings. The zero-order valence-electron chi connectivity index (χ0n) is 43.3. The lowest BCUT2D eigenvalue weighted by Gasteiger charge is -2.36. The molecule has 2 aromatic heterocycles. The number of piperidine rings is 1. The number of phenols is 1. The Morgan fingerprint density at radius 3 is 2.32 bits per heavy atom. The Hall–Kier alpha value is -6.63. The molecule has 0 saturated carbocycles. The first-order chi connectivity index (χ1) is 35.5. The quantitative estimate of drug-likeness (QED) is 0.0567. The number of aliphatic hydroxyl groups is 1. The van der Waals surface area contributed by atoms with Crippen molar-refractivity contribution >= 4 is 46.5 Å². The van der Waals surface area contributed by atoms with Crippen molar-refractivity contribution in [2.45, 2.75) is 123 Å². The minimum absolute atomic E-state index is 0.00130. The molecule has 0 radical (unpaired) electrons.